The van der Waals surface area contributed by atoms with E-state index < -0.39 is 0 Å². The summed E-state index contributed by atoms with van der Waals surface area (Å²) in [6.45, 7) is 0.545. The number of carbonyl (C=O) groups excluding carboxylic acids is 1. The summed E-state index contributed by atoms with van der Waals surface area (Å²) < 4.78 is 12.4. The lowest BCUT2D eigenvalue weighted by Crippen LogP contribution is -2.27. The molecule has 0 bridgehead atoms. The standard InChI is InChI=1S/C20H23N3O3/c1-23-18-9-8-16(26-3)13-17(18)22-19(23)10-11-21-20(24)12-14-4-6-15(25-2)7-5-14/h4-9,13H,10-12H2,1-3H3,(H,21,24). The van der Waals surface area contributed by atoms with Crippen molar-refractivity contribution in [1.29, 1.82) is 0 Å². The van der Waals surface area contributed by atoms with E-state index in [0.29, 0.717) is 19.4 Å². The van der Waals surface area contributed by atoms with Crippen molar-refractivity contribution in [2.24, 2.45) is 7.05 Å². The first-order chi connectivity index (χ1) is 12.6. The van der Waals surface area contributed by atoms with E-state index in [1.54, 1.807) is 14.2 Å². The number of aromatic nitrogens is 2. The number of methoxy groups -OCH3 is 2. The number of fused-ring (bicyclic) bond motifs is 1. The zero-order valence-electron chi connectivity index (χ0n) is 15.3. The molecule has 1 heterocycles. The highest BCUT2D eigenvalue weighted by atomic mass is 16.5. The Hall–Kier alpha value is -3.02. The van der Waals surface area contributed by atoms with Crippen LogP contribution in [0.1, 0.15) is 11.4 Å². The van der Waals surface area contributed by atoms with Gasteiger partial charge in [-0.15, -0.1) is 0 Å². The van der Waals surface area contributed by atoms with Gasteiger partial charge in [0.1, 0.15) is 17.3 Å². The van der Waals surface area contributed by atoms with Crippen LogP contribution in [0.2, 0.25) is 0 Å². The number of amides is 1. The van der Waals surface area contributed by atoms with Gasteiger partial charge in [0.05, 0.1) is 31.7 Å². The van der Waals surface area contributed by atoms with Crippen LogP contribution in [-0.2, 0) is 24.7 Å². The lowest BCUT2D eigenvalue weighted by atomic mass is 10.1. The third-order valence-corrected chi connectivity index (χ3v) is 4.38. The molecule has 0 saturated carbocycles. The number of hydrogen-bond donors (Lipinski definition) is 1. The van der Waals surface area contributed by atoms with E-state index in [1.807, 2.05) is 54.1 Å². The smallest absolute Gasteiger partial charge is 0.224 e. The lowest BCUT2D eigenvalue weighted by Gasteiger charge is -2.06. The summed E-state index contributed by atoms with van der Waals surface area (Å²) >= 11 is 0. The first kappa shape index (κ1) is 17.8. The average molecular weight is 353 g/mol. The Morgan fingerprint density at radius 3 is 2.46 bits per heavy atom. The number of carbonyl (C=O) groups is 1. The van der Waals surface area contributed by atoms with Gasteiger partial charge in [0.25, 0.3) is 0 Å². The van der Waals surface area contributed by atoms with Crippen molar-refractivity contribution in [3.05, 3.63) is 53.9 Å². The maximum absolute atomic E-state index is 12.1. The van der Waals surface area contributed by atoms with E-state index in [2.05, 4.69) is 10.3 Å². The largest absolute Gasteiger partial charge is 0.497 e. The number of hydrogen-bond acceptors (Lipinski definition) is 4. The molecule has 1 aromatic heterocycles. The molecule has 0 radical (unpaired) electrons. The van der Waals surface area contributed by atoms with Crippen molar-refractivity contribution in [2.75, 3.05) is 20.8 Å². The third kappa shape index (κ3) is 3.96. The summed E-state index contributed by atoms with van der Waals surface area (Å²) in [5.74, 6) is 2.50. The molecule has 0 unspecified atom stereocenters. The molecule has 0 saturated heterocycles. The normalized spacial score (nSPS) is 10.7. The first-order valence-electron chi connectivity index (χ1n) is 8.49. The number of aryl methyl sites for hydroxylation is 1. The Balaban J connectivity index is 1.56. The van der Waals surface area contributed by atoms with Gasteiger partial charge in [0.2, 0.25) is 5.91 Å². The Bertz CT molecular complexity index is 901. The molecular weight excluding hydrogens is 330 g/mol. The van der Waals surface area contributed by atoms with Crippen LogP contribution >= 0.6 is 0 Å². The zero-order valence-corrected chi connectivity index (χ0v) is 15.3. The van der Waals surface area contributed by atoms with Gasteiger partial charge >= 0.3 is 0 Å². The molecule has 0 aliphatic carbocycles. The molecule has 0 fully saturated rings. The molecular formula is C20H23N3O3. The number of nitrogens with one attached hydrogen (secondary N) is 1. The van der Waals surface area contributed by atoms with Gasteiger partial charge in [-0.3, -0.25) is 4.79 Å². The topological polar surface area (TPSA) is 65.4 Å². The van der Waals surface area contributed by atoms with E-state index in [4.69, 9.17) is 9.47 Å². The maximum atomic E-state index is 12.1. The molecule has 2 aromatic carbocycles. The minimum atomic E-state index is -0.00407. The average Bonchev–Trinajstić information content (AvgIpc) is 2.97. The van der Waals surface area contributed by atoms with Crippen LogP contribution in [0, 0.1) is 0 Å². The van der Waals surface area contributed by atoms with Crippen molar-refractivity contribution < 1.29 is 14.3 Å². The molecule has 6 heteroatoms. The SMILES string of the molecule is COc1ccc(CC(=O)NCCc2nc3cc(OC)ccc3n2C)cc1. The number of rotatable bonds is 7. The van der Waals surface area contributed by atoms with Crippen molar-refractivity contribution in [3.8, 4) is 11.5 Å². The quantitative estimate of drug-likeness (QED) is 0.709. The van der Waals surface area contributed by atoms with E-state index in [1.165, 1.54) is 0 Å². The molecule has 26 heavy (non-hydrogen) atoms. The number of ether oxygens (including phenoxy) is 2. The Morgan fingerprint density at radius 2 is 1.77 bits per heavy atom. The lowest BCUT2D eigenvalue weighted by molar-refractivity contribution is -0.120. The van der Waals surface area contributed by atoms with Gasteiger partial charge in [0.15, 0.2) is 0 Å². The maximum Gasteiger partial charge on any atom is 0.224 e. The predicted molar refractivity (Wildman–Crippen MR) is 101 cm³/mol. The Morgan fingerprint density at radius 1 is 1.08 bits per heavy atom. The van der Waals surface area contributed by atoms with Crippen LogP contribution in [0.25, 0.3) is 11.0 Å². The van der Waals surface area contributed by atoms with E-state index in [-0.39, 0.29) is 5.91 Å². The van der Waals surface area contributed by atoms with Crippen LogP contribution < -0.4 is 14.8 Å². The minimum absolute atomic E-state index is 0.00407. The Labute approximate surface area is 152 Å². The molecule has 0 aliphatic rings. The van der Waals surface area contributed by atoms with Crippen LogP contribution in [0.5, 0.6) is 11.5 Å². The highest BCUT2D eigenvalue weighted by molar-refractivity contribution is 5.79. The zero-order chi connectivity index (χ0) is 18.5. The van der Waals surface area contributed by atoms with Crippen LogP contribution in [0.4, 0.5) is 0 Å². The summed E-state index contributed by atoms with van der Waals surface area (Å²) in [7, 11) is 5.25. The number of imidazole rings is 1. The molecule has 1 amide bonds. The van der Waals surface area contributed by atoms with Crippen molar-refractivity contribution >= 4 is 16.9 Å². The fourth-order valence-corrected chi connectivity index (χ4v) is 2.89. The van der Waals surface area contributed by atoms with Crippen LogP contribution in [0.3, 0.4) is 0 Å². The molecule has 3 aromatic rings. The van der Waals surface area contributed by atoms with Gasteiger partial charge in [-0.25, -0.2) is 4.98 Å². The molecule has 0 aliphatic heterocycles. The summed E-state index contributed by atoms with van der Waals surface area (Å²) in [5, 5.41) is 2.95. The summed E-state index contributed by atoms with van der Waals surface area (Å²) in [4.78, 5) is 16.8. The second-order valence-electron chi connectivity index (χ2n) is 6.07. The van der Waals surface area contributed by atoms with Crippen molar-refractivity contribution in [3.63, 3.8) is 0 Å². The predicted octanol–water partition coefficient (Wildman–Crippen LogP) is 2.49. The monoisotopic (exact) mass is 353 g/mol. The molecule has 6 nitrogen and oxygen atoms in total. The fraction of sp³-hybridized carbons (Fsp3) is 0.300. The molecule has 136 valence electrons. The van der Waals surface area contributed by atoms with Crippen LogP contribution in [0.15, 0.2) is 42.5 Å². The number of benzene rings is 2. The highest BCUT2D eigenvalue weighted by Gasteiger charge is 2.09. The van der Waals surface area contributed by atoms with E-state index >= 15 is 0 Å². The molecule has 0 atom stereocenters. The third-order valence-electron chi connectivity index (χ3n) is 4.38. The second-order valence-corrected chi connectivity index (χ2v) is 6.07. The van der Waals surface area contributed by atoms with Crippen molar-refractivity contribution in [2.45, 2.75) is 12.8 Å². The second kappa shape index (κ2) is 7.91. The summed E-state index contributed by atoms with van der Waals surface area (Å²) in [6.07, 6.45) is 1.02. The van der Waals surface area contributed by atoms with Crippen molar-refractivity contribution in [1.82, 2.24) is 14.9 Å². The van der Waals surface area contributed by atoms with Crippen LogP contribution in [-0.4, -0.2) is 36.2 Å². The first-order valence-corrected chi connectivity index (χ1v) is 8.49. The van der Waals surface area contributed by atoms with Gasteiger partial charge in [-0.2, -0.15) is 0 Å². The van der Waals surface area contributed by atoms with Gasteiger partial charge in [-0.1, -0.05) is 12.1 Å². The minimum Gasteiger partial charge on any atom is -0.497 e. The summed E-state index contributed by atoms with van der Waals surface area (Å²) in [6, 6.07) is 13.3. The van der Waals surface area contributed by atoms with Gasteiger partial charge < -0.3 is 19.4 Å². The molecule has 1 N–H and O–H groups in total. The van der Waals surface area contributed by atoms with Gasteiger partial charge in [0, 0.05) is 26.1 Å². The molecule has 3 rings (SSSR count). The van der Waals surface area contributed by atoms with Gasteiger partial charge in [-0.05, 0) is 29.8 Å². The summed E-state index contributed by atoms with van der Waals surface area (Å²) in [5.41, 5.74) is 2.90. The van der Waals surface area contributed by atoms with E-state index in [9.17, 15) is 4.79 Å². The van der Waals surface area contributed by atoms with E-state index in [0.717, 1.165) is 33.9 Å². The Kier molecular flexibility index (Phi) is 5.41. The number of nitrogens with zero attached hydrogens (tertiary/aromatic N) is 2. The molecule has 0 spiro atoms. The highest BCUT2D eigenvalue weighted by Crippen LogP contribution is 2.21. The fourth-order valence-electron chi connectivity index (χ4n) is 2.89.